The first-order valence-corrected chi connectivity index (χ1v) is 13.2. The minimum Gasteiger partial charge on any atom is -0.489 e. The molecule has 1 aliphatic rings. The van der Waals surface area contributed by atoms with Crippen LogP contribution in [-0.2, 0) is 16.1 Å². The first-order valence-electron chi connectivity index (χ1n) is 12.4. The number of nitrogens with zero attached hydrogens (tertiary/aromatic N) is 2. The largest absolute Gasteiger partial charge is 0.489 e. The van der Waals surface area contributed by atoms with Gasteiger partial charge < -0.3 is 18.8 Å². The van der Waals surface area contributed by atoms with Gasteiger partial charge in [0.1, 0.15) is 12.6 Å². The van der Waals surface area contributed by atoms with Crippen LogP contribution in [0.5, 0.6) is 11.5 Å². The number of halogens is 4. The minimum absolute atomic E-state index is 0.0623. The van der Waals surface area contributed by atoms with Crippen molar-refractivity contribution in [3.8, 4) is 11.5 Å². The molecule has 0 radical (unpaired) electrons. The first kappa shape index (κ1) is 28.6. The van der Waals surface area contributed by atoms with Crippen molar-refractivity contribution >= 4 is 40.1 Å². The van der Waals surface area contributed by atoms with E-state index in [0.717, 1.165) is 23.7 Å². The number of ether oxygens (including phenoxy) is 3. The predicted molar refractivity (Wildman–Crippen MR) is 147 cm³/mol. The molecule has 0 aliphatic heterocycles. The second kappa shape index (κ2) is 13.1. The molecule has 1 fully saturated rings. The van der Waals surface area contributed by atoms with E-state index in [1.165, 1.54) is 12.1 Å². The minimum atomic E-state index is -3.02. The van der Waals surface area contributed by atoms with Gasteiger partial charge >= 0.3 is 12.6 Å². The molecule has 0 amide bonds. The highest BCUT2D eigenvalue weighted by Gasteiger charge is 2.26. The number of aromatic nitrogens is 2. The van der Waals surface area contributed by atoms with E-state index in [-0.39, 0.29) is 24.5 Å². The number of pyridine rings is 1. The average molecular weight is 577 g/mol. The quantitative estimate of drug-likeness (QED) is 0.153. The number of fused-ring (bicyclic) bond motifs is 1. The molecule has 4 rings (SSSR count). The number of benzene rings is 1. The monoisotopic (exact) mass is 576 g/mol. The Bertz CT molecular complexity index is 1400. The third-order valence-electron chi connectivity index (χ3n) is 6.27. The molecule has 0 N–H and O–H groups in total. The second-order valence-electron chi connectivity index (χ2n) is 9.07. The van der Waals surface area contributed by atoms with Crippen LogP contribution >= 0.6 is 23.2 Å². The number of carbonyl (C=O) groups excluding carboxylic acids is 1. The fourth-order valence-electron chi connectivity index (χ4n) is 4.06. The van der Waals surface area contributed by atoms with E-state index < -0.39 is 18.7 Å². The molecule has 2 aromatic heterocycles. The zero-order valence-corrected chi connectivity index (χ0v) is 22.8. The fourth-order valence-corrected chi connectivity index (χ4v) is 4.46. The summed E-state index contributed by atoms with van der Waals surface area (Å²) >= 11 is 12.9. The van der Waals surface area contributed by atoms with Gasteiger partial charge in [-0.1, -0.05) is 48.0 Å². The number of carbonyl (C=O) groups is 1. The summed E-state index contributed by atoms with van der Waals surface area (Å²) in [6.07, 6.45) is 9.52. The average Bonchev–Trinajstić information content (AvgIpc) is 3.68. The van der Waals surface area contributed by atoms with E-state index in [0.29, 0.717) is 33.7 Å². The lowest BCUT2D eigenvalue weighted by molar-refractivity contribution is -0.150. The Kier molecular flexibility index (Phi) is 9.64. The van der Waals surface area contributed by atoms with E-state index >= 15 is 0 Å². The number of rotatable bonds is 13. The molecule has 1 aliphatic carbocycles. The van der Waals surface area contributed by atoms with Gasteiger partial charge in [0, 0.05) is 40.5 Å². The fraction of sp³-hybridized carbons (Fsp3) is 0.310. The summed E-state index contributed by atoms with van der Waals surface area (Å²) in [7, 11) is 0. The van der Waals surface area contributed by atoms with E-state index in [1.54, 1.807) is 48.3 Å². The molecule has 39 heavy (non-hydrogen) atoms. The van der Waals surface area contributed by atoms with Crippen molar-refractivity contribution in [2.45, 2.75) is 45.4 Å². The maximum Gasteiger partial charge on any atom is 0.387 e. The molecule has 0 saturated heterocycles. The van der Waals surface area contributed by atoms with Crippen LogP contribution in [-0.4, -0.2) is 28.7 Å². The summed E-state index contributed by atoms with van der Waals surface area (Å²) in [6, 6.07) is 8.15. The van der Waals surface area contributed by atoms with Crippen molar-refractivity contribution in [1.29, 1.82) is 0 Å². The highest BCUT2D eigenvalue weighted by atomic mass is 35.5. The summed E-state index contributed by atoms with van der Waals surface area (Å²) in [5, 5.41) is 1.55. The number of allylic oxidation sites excluding steroid dienone is 4. The van der Waals surface area contributed by atoms with Gasteiger partial charge in [0.15, 0.2) is 11.5 Å². The summed E-state index contributed by atoms with van der Waals surface area (Å²) in [5.41, 5.74) is 1.85. The van der Waals surface area contributed by atoms with Crippen LogP contribution in [0.4, 0.5) is 8.78 Å². The third-order valence-corrected chi connectivity index (χ3v) is 7.10. The Morgan fingerprint density at radius 1 is 1.23 bits per heavy atom. The number of hydrogen-bond acceptors (Lipinski definition) is 5. The maximum absolute atomic E-state index is 13.2. The summed E-state index contributed by atoms with van der Waals surface area (Å²) < 4.78 is 44.3. The molecule has 1 atom stereocenters. The van der Waals surface area contributed by atoms with E-state index in [2.05, 4.69) is 16.3 Å². The van der Waals surface area contributed by atoms with Gasteiger partial charge in [-0.25, -0.2) is 0 Å². The highest BCUT2D eigenvalue weighted by molar-refractivity contribution is 6.36. The molecule has 3 aromatic rings. The molecule has 0 unspecified atom stereocenters. The summed E-state index contributed by atoms with van der Waals surface area (Å²) in [6.45, 7) is 2.77. The molecule has 0 bridgehead atoms. The van der Waals surface area contributed by atoms with Gasteiger partial charge in [-0.2, -0.15) is 8.78 Å². The molecule has 1 saturated carbocycles. The van der Waals surface area contributed by atoms with E-state index in [4.69, 9.17) is 32.7 Å². The van der Waals surface area contributed by atoms with Gasteiger partial charge in [-0.05, 0) is 61.1 Å². The molecule has 6 nitrogen and oxygen atoms in total. The van der Waals surface area contributed by atoms with Crippen LogP contribution in [0, 0.1) is 5.92 Å². The molecule has 2 heterocycles. The maximum atomic E-state index is 13.2. The van der Waals surface area contributed by atoms with Crippen LogP contribution in [0.1, 0.15) is 37.9 Å². The lowest BCUT2D eigenvalue weighted by Gasteiger charge is -2.22. The predicted octanol–water partition coefficient (Wildman–Crippen LogP) is 7.92. The van der Waals surface area contributed by atoms with E-state index in [9.17, 15) is 13.6 Å². The zero-order chi connectivity index (χ0) is 27.9. The van der Waals surface area contributed by atoms with Gasteiger partial charge in [-0.3, -0.25) is 9.78 Å². The topological polar surface area (TPSA) is 62.6 Å². The summed E-state index contributed by atoms with van der Waals surface area (Å²) in [4.78, 5) is 17.3. The highest BCUT2D eigenvalue weighted by Crippen LogP contribution is 2.39. The van der Waals surface area contributed by atoms with Gasteiger partial charge in [0.05, 0.1) is 12.1 Å². The van der Waals surface area contributed by atoms with Crippen LogP contribution in [0.3, 0.4) is 0 Å². The van der Waals surface area contributed by atoms with Gasteiger partial charge in [-0.15, -0.1) is 0 Å². The molecule has 10 heteroatoms. The van der Waals surface area contributed by atoms with Crippen molar-refractivity contribution < 1.29 is 27.8 Å². The Labute approximate surface area is 235 Å². The van der Waals surface area contributed by atoms with Crippen molar-refractivity contribution in [3.05, 3.63) is 88.9 Å². The van der Waals surface area contributed by atoms with Crippen LogP contribution in [0.2, 0.25) is 0 Å². The van der Waals surface area contributed by atoms with Crippen molar-refractivity contribution in [3.63, 3.8) is 0 Å². The third kappa shape index (κ3) is 7.61. The first-order chi connectivity index (χ1) is 18.8. The van der Waals surface area contributed by atoms with Gasteiger partial charge in [0.2, 0.25) is 0 Å². The SMILES string of the molecule is C=C/C(Cl)=C(C[C@H](OC(=O)Cn1ccc2cnccc21)c1ccc(OC(F)F)c(OCC2CC2)c1)\C(Cl)=C/C. The Morgan fingerprint density at radius 2 is 2.03 bits per heavy atom. The Balaban J connectivity index is 1.66. The van der Waals surface area contributed by atoms with Crippen molar-refractivity contribution in [2.24, 2.45) is 5.92 Å². The molecule has 0 spiro atoms. The lowest BCUT2D eigenvalue weighted by atomic mass is 9.99. The number of esters is 1. The number of alkyl halides is 2. The lowest BCUT2D eigenvalue weighted by Crippen LogP contribution is -2.18. The van der Waals surface area contributed by atoms with Gasteiger partial charge in [0.25, 0.3) is 0 Å². The Morgan fingerprint density at radius 3 is 2.72 bits per heavy atom. The second-order valence-corrected chi connectivity index (χ2v) is 9.88. The van der Waals surface area contributed by atoms with Crippen LogP contribution < -0.4 is 9.47 Å². The molecule has 206 valence electrons. The standard InChI is InChI=1S/C29H28Cl2F2N2O4/c1-3-22(30)21(23(31)4-2)14-26(38-28(36)16-35-12-10-20-15-34-11-9-24(20)35)19-7-8-25(39-29(32)33)27(13-19)37-17-18-5-6-18/h3-4,7-13,15,18,26,29H,1,5-6,14,16-17H2,2H3/b22-21+,23-4+/t26-/m0/s1. The van der Waals surface area contributed by atoms with Crippen molar-refractivity contribution in [1.82, 2.24) is 9.55 Å². The van der Waals surface area contributed by atoms with E-state index in [1.807, 2.05) is 12.1 Å². The molecular formula is C29H28Cl2F2N2O4. The normalized spacial score (nSPS) is 15.2. The van der Waals surface area contributed by atoms with Crippen LogP contribution in [0.25, 0.3) is 10.9 Å². The number of hydrogen-bond donors (Lipinski definition) is 0. The van der Waals surface area contributed by atoms with Crippen LogP contribution in [0.15, 0.2) is 83.3 Å². The van der Waals surface area contributed by atoms with Crippen molar-refractivity contribution in [2.75, 3.05) is 6.61 Å². The molecule has 1 aromatic carbocycles. The summed E-state index contributed by atoms with van der Waals surface area (Å²) in [5.74, 6) is -0.101. The zero-order valence-electron chi connectivity index (χ0n) is 21.3. The molecular weight excluding hydrogens is 549 g/mol. The smallest absolute Gasteiger partial charge is 0.387 e. The Hall–Kier alpha value is -3.36.